The SMILES string of the molecule is CCCCCCCCCCCCCCCC(=O)O.CCCCCCCCCCCCCCCC(=O)O.OCC(O)CO. The van der Waals surface area contributed by atoms with Crippen LogP contribution in [-0.2, 0) is 9.59 Å². The first-order valence-electron chi connectivity index (χ1n) is 17.7. The standard InChI is InChI=1S/2C16H32O2.C3H8O3/c2*1-2-3-4-5-6-7-8-9-10-11-12-13-14-15-16(17)18;4-1-3(6)2-5/h2*2-15H2,1H3,(H,17,18);3-6H,1-2H2. The van der Waals surface area contributed by atoms with Gasteiger partial charge in [-0.15, -0.1) is 0 Å². The van der Waals surface area contributed by atoms with E-state index in [1.54, 1.807) is 0 Å². The number of aliphatic hydroxyl groups excluding tert-OH is 3. The predicted molar refractivity (Wildman–Crippen MR) is 176 cm³/mol. The maximum absolute atomic E-state index is 10.3. The Bertz CT molecular complexity index is 470. The largest absolute Gasteiger partial charge is 0.481 e. The summed E-state index contributed by atoms with van der Waals surface area (Å²) in [4.78, 5) is 20.6. The molecule has 0 spiro atoms. The molecule has 0 atom stereocenters. The average molecular weight is 605 g/mol. The third-order valence-corrected chi connectivity index (χ3v) is 7.41. The van der Waals surface area contributed by atoms with Crippen LogP contribution in [0.15, 0.2) is 0 Å². The number of carboxylic acid groups (broad SMARTS) is 2. The summed E-state index contributed by atoms with van der Waals surface area (Å²) in [6, 6.07) is 0. The summed E-state index contributed by atoms with van der Waals surface area (Å²) in [5.41, 5.74) is 0. The zero-order valence-corrected chi connectivity index (χ0v) is 27.8. The minimum atomic E-state index is -0.954. The molecule has 0 aromatic rings. The molecule has 0 bridgehead atoms. The van der Waals surface area contributed by atoms with Gasteiger partial charge in [0.2, 0.25) is 0 Å². The lowest BCUT2D eigenvalue weighted by molar-refractivity contribution is -0.138. The fourth-order valence-electron chi connectivity index (χ4n) is 4.65. The van der Waals surface area contributed by atoms with E-state index < -0.39 is 18.0 Å². The predicted octanol–water partition coefficient (Wildman–Crippen LogP) is 9.44. The number of aliphatic carboxylic acids is 2. The van der Waals surface area contributed by atoms with E-state index in [4.69, 9.17) is 25.5 Å². The Morgan fingerprint density at radius 2 is 0.595 bits per heavy atom. The second kappa shape index (κ2) is 42.0. The van der Waals surface area contributed by atoms with Gasteiger partial charge in [0, 0.05) is 12.8 Å². The molecule has 7 heteroatoms. The molecule has 0 heterocycles. The van der Waals surface area contributed by atoms with Crippen molar-refractivity contribution in [3.8, 4) is 0 Å². The summed E-state index contributed by atoms with van der Waals surface area (Å²) in [6.07, 6.45) is 33.6. The molecule has 0 aromatic heterocycles. The Morgan fingerprint density at radius 3 is 0.738 bits per heavy atom. The molecule has 0 aliphatic rings. The van der Waals surface area contributed by atoms with Crippen LogP contribution in [0.4, 0.5) is 0 Å². The Labute approximate surface area is 259 Å². The van der Waals surface area contributed by atoms with Crippen LogP contribution in [0, 0.1) is 0 Å². The van der Waals surface area contributed by atoms with Crippen LogP contribution in [0.1, 0.15) is 194 Å². The van der Waals surface area contributed by atoms with Crippen LogP contribution in [0.2, 0.25) is 0 Å². The second-order valence-electron chi connectivity index (χ2n) is 11.8. The number of carboxylic acids is 2. The van der Waals surface area contributed by atoms with Crippen molar-refractivity contribution in [1.29, 1.82) is 0 Å². The highest BCUT2D eigenvalue weighted by Crippen LogP contribution is 2.14. The summed E-state index contributed by atoms with van der Waals surface area (Å²) in [7, 11) is 0. The van der Waals surface area contributed by atoms with Crippen molar-refractivity contribution in [2.24, 2.45) is 0 Å². The monoisotopic (exact) mass is 605 g/mol. The van der Waals surface area contributed by atoms with E-state index in [-0.39, 0.29) is 13.2 Å². The Hall–Kier alpha value is -1.18. The minimum absolute atomic E-state index is 0.345. The lowest BCUT2D eigenvalue weighted by Crippen LogP contribution is -2.15. The van der Waals surface area contributed by atoms with Crippen molar-refractivity contribution < 1.29 is 35.1 Å². The molecular weight excluding hydrogens is 532 g/mol. The lowest BCUT2D eigenvalue weighted by atomic mass is 10.0. The van der Waals surface area contributed by atoms with E-state index in [1.807, 2.05) is 0 Å². The number of hydrogen-bond donors (Lipinski definition) is 5. The maximum atomic E-state index is 10.3. The molecule has 0 fully saturated rings. The number of rotatable bonds is 30. The second-order valence-corrected chi connectivity index (χ2v) is 11.8. The maximum Gasteiger partial charge on any atom is 0.303 e. The van der Waals surface area contributed by atoms with Crippen molar-refractivity contribution in [3.05, 3.63) is 0 Å². The van der Waals surface area contributed by atoms with Gasteiger partial charge in [-0.1, -0.05) is 168 Å². The minimum Gasteiger partial charge on any atom is -0.481 e. The van der Waals surface area contributed by atoms with E-state index >= 15 is 0 Å². The molecule has 0 unspecified atom stereocenters. The van der Waals surface area contributed by atoms with E-state index in [1.165, 1.54) is 141 Å². The van der Waals surface area contributed by atoms with Crippen LogP contribution in [-0.4, -0.2) is 56.8 Å². The molecule has 0 amide bonds. The van der Waals surface area contributed by atoms with Gasteiger partial charge in [-0.3, -0.25) is 9.59 Å². The van der Waals surface area contributed by atoms with E-state index in [9.17, 15) is 9.59 Å². The smallest absolute Gasteiger partial charge is 0.303 e. The van der Waals surface area contributed by atoms with Crippen molar-refractivity contribution in [2.45, 2.75) is 200 Å². The Balaban J connectivity index is -0.000000607. The highest BCUT2D eigenvalue weighted by molar-refractivity contribution is 5.66. The van der Waals surface area contributed by atoms with Crippen molar-refractivity contribution in [3.63, 3.8) is 0 Å². The molecule has 0 radical (unpaired) electrons. The van der Waals surface area contributed by atoms with Gasteiger partial charge in [-0.05, 0) is 12.8 Å². The summed E-state index contributed by atoms with van der Waals surface area (Å²) < 4.78 is 0. The molecule has 7 nitrogen and oxygen atoms in total. The molecule has 0 aliphatic carbocycles. The zero-order valence-electron chi connectivity index (χ0n) is 27.8. The molecular formula is C35H72O7. The summed E-state index contributed by atoms with van der Waals surface area (Å²) in [5.74, 6) is -1.31. The zero-order chi connectivity index (χ0) is 31.9. The first-order chi connectivity index (χ1) is 20.3. The highest BCUT2D eigenvalue weighted by Gasteiger charge is 1.98. The van der Waals surface area contributed by atoms with Gasteiger partial charge in [0.05, 0.1) is 13.2 Å². The molecule has 0 aromatic carbocycles. The van der Waals surface area contributed by atoms with E-state index in [0.29, 0.717) is 12.8 Å². The summed E-state index contributed by atoms with van der Waals surface area (Å²) in [5, 5.41) is 41.0. The molecule has 0 aliphatic heterocycles. The summed E-state index contributed by atoms with van der Waals surface area (Å²) in [6.45, 7) is 3.79. The number of unbranched alkanes of at least 4 members (excludes halogenated alkanes) is 24. The number of hydrogen-bond acceptors (Lipinski definition) is 5. The van der Waals surface area contributed by atoms with Crippen LogP contribution >= 0.6 is 0 Å². The van der Waals surface area contributed by atoms with Crippen LogP contribution in [0.3, 0.4) is 0 Å². The van der Waals surface area contributed by atoms with Crippen LogP contribution in [0.25, 0.3) is 0 Å². The lowest BCUT2D eigenvalue weighted by Gasteiger charge is -2.02. The third-order valence-electron chi connectivity index (χ3n) is 7.41. The van der Waals surface area contributed by atoms with Gasteiger partial charge in [0.15, 0.2) is 0 Å². The fourth-order valence-corrected chi connectivity index (χ4v) is 4.65. The van der Waals surface area contributed by atoms with Crippen molar-refractivity contribution >= 4 is 11.9 Å². The highest BCUT2D eigenvalue weighted by atomic mass is 16.4. The van der Waals surface area contributed by atoms with Gasteiger partial charge in [-0.2, -0.15) is 0 Å². The molecule has 254 valence electrons. The molecule has 0 saturated carbocycles. The first-order valence-corrected chi connectivity index (χ1v) is 17.7. The van der Waals surface area contributed by atoms with Crippen molar-refractivity contribution in [1.82, 2.24) is 0 Å². The normalized spacial score (nSPS) is 10.6. The van der Waals surface area contributed by atoms with Crippen molar-refractivity contribution in [2.75, 3.05) is 13.2 Å². The van der Waals surface area contributed by atoms with Gasteiger partial charge in [-0.25, -0.2) is 0 Å². The third kappa shape index (κ3) is 51.5. The Kier molecular flexibility index (Phi) is 45.2. The van der Waals surface area contributed by atoms with E-state index in [2.05, 4.69) is 13.8 Å². The van der Waals surface area contributed by atoms with E-state index in [0.717, 1.165) is 25.7 Å². The van der Waals surface area contributed by atoms with Gasteiger partial charge < -0.3 is 25.5 Å². The van der Waals surface area contributed by atoms with Gasteiger partial charge in [0.1, 0.15) is 6.10 Å². The topological polar surface area (TPSA) is 135 Å². The molecule has 42 heavy (non-hydrogen) atoms. The number of carbonyl (C=O) groups is 2. The fraction of sp³-hybridized carbons (Fsp3) is 0.943. The van der Waals surface area contributed by atoms with Crippen LogP contribution in [0.5, 0.6) is 0 Å². The summed E-state index contributed by atoms with van der Waals surface area (Å²) >= 11 is 0. The molecule has 0 rings (SSSR count). The van der Waals surface area contributed by atoms with Gasteiger partial charge >= 0.3 is 11.9 Å². The Morgan fingerprint density at radius 1 is 0.405 bits per heavy atom. The first kappa shape index (κ1) is 45.3. The molecule has 5 N–H and O–H groups in total. The number of aliphatic hydroxyl groups is 3. The van der Waals surface area contributed by atoms with Crippen LogP contribution < -0.4 is 0 Å². The average Bonchev–Trinajstić information content (AvgIpc) is 2.97. The molecule has 0 saturated heterocycles. The quantitative estimate of drug-likeness (QED) is 0.0515. The van der Waals surface area contributed by atoms with Gasteiger partial charge in [0.25, 0.3) is 0 Å².